The number of hydrogen-bond donors (Lipinski definition) is 2. The third-order valence-electron chi connectivity index (χ3n) is 16.7. The van der Waals surface area contributed by atoms with E-state index < -0.39 is 11.9 Å². The van der Waals surface area contributed by atoms with E-state index >= 15 is 0 Å². The Morgan fingerprint density at radius 2 is 1.22 bits per heavy atom. The van der Waals surface area contributed by atoms with E-state index in [9.17, 15) is 19.8 Å². The quantitative estimate of drug-likeness (QED) is 0.152. The van der Waals surface area contributed by atoms with Gasteiger partial charge in [0.25, 0.3) is 0 Å². The van der Waals surface area contributed by atoms with Crippen molar-refractivity contribution in [2.24, 2.45) is 0 Å². The Balaban J connectivity index is 0.000000162. The molecule has 74 heavy (non-hydrogen) atoms. The van der Waals surface area contributed by atoms with E-state index in [-0.39, 0.29) is 0 Å². The molecule has 2 aliphatic heterocycles. The second-order valence-electron chi connectivity index (χ2n) is 21.5. The zero-order valence-corrected chi connectivity index (χ0v) is 44.5. The Bertz CT molecular complexity index is 3550. The first-order chi connectivity index (χ1) is 35.8. The van der Waals surface area contributed by atoms with Crippen molar-refractivity contribution < 1.29 is 19.8 Å². The van der Waals surface area contributed by atoms with Crippen LogP contribution >= 0.6 is 11.3 Å². The van der Waals surface area contributed by atoms with Crippen molar-refractivity contribution in [3.63, 3.8) is 0 Å². The maximum atomic E-state index is 12.0. The minimum absolute atomic E-state index is 0.354. The number of rotatable bonds is 7. The molecule has 2 aliphatic carbocycles. The number of likely N-dealkylation sites (N-methyl/N-ethyl adjacent to an activating group) is 2. The average Bonchev–Trinajstić information content (AvgIpc) is 4.05. The lowest BCUT2D eigenvalue weighted by molar-refractivity contribution is 0.0686. The van der Waals surface area contributed by atoms with Crippen molar-refractivity contribution in [1.82, 2.24) is 28.9 Å². The molecule has 2 fully saturated rings. The maximum absolute atomic E-state index is 12.0. The molecule has 4 aromatic heterocycles. The molecule has 0 bridgehead atoms. The standard InChI is InChI=1S/C35H39N3O2S.C28H29N3O2/c1-21(34-23(3)36-24(4)41-34)11-12-25-13-15-28-30(22(25)2)20-37(5)17-18-38-31-19-27(35(39)40)14-16-29(31)32(33(28)38)26-9-7-6-8-10-26;1-30-14-15-31-24-16-20(28(32)33)10-12-22(24)25(18-6-3-2-4-7-18)27(31)21-11-9-19-8-5-13-29-26(19)23(21)17-30/h11-16,19,26H,1,6-10,17-18,20H2,2-5H3,(H,39,40);5,8-13,16,18H,2-4,6-7,14-15,17H2,1H3,(H,32,33)/b12-11-;. The summed E-state index contributed by atoms with van der Waals surface area (Å²) >= 11 is 1.69. The van der Waals surface area contributed by atoms with Gasteiger partial charge >= 0.3 is 11.9 Å². The Kier molecular flexibility index (Phi) is 13.8. The SMILES string of the molecule is C=C(/C=C\c1ccc2c(c1C)CN(C)CCn1c-2c(C2CCCCC2)c2ccc(C(=O)O)cc21)c1sc(C)nc1C.CN1CCn2c(c(C3CCCCC3)c3ccc(C(=O)O)cc32)-c2ccc3cccnc3c2C1. The van der Waals surface area contributed by atoms with Crippen molar-refractivity contribution >= 4 is 67.6 Å². The van der Waals surface area contributed by atoms with E-state index in [0.29, 0.717) is 23.0 Å². The molecule has 380 valence electrons. The molecular formula is C63H68N6O4S. The lowest BCUT2D eigenvalue weighted by Gasteiger charge is -2.29. The number of pyridine rings is 1. The number of carboxylic acids is 2. The highest BCUT2D eigenvalue weighted by molar-refractivity contribution is 7.12. The van der Waals surface area contributed by atoms with Crippen molar-refractivity contribution in [2.45, 2.75) is 123 Å². The maximum Gasteiger partial charge on any atom is 0.335 e. The molecule has 0 unspecified atom stereocenters. The summed E-state index contributed by atoms with van der Waals surface area (Å²) in [5.41, 5.74) is 19.0. The van der Waals surface area contributed by atoms with Crippen molar-refractivity contribution in [1.29, 1.82) is 0 Å². The smallest absolute Gasteiger partial charge is 0.335 e. The van der Waals surface area contributed by atoms with Gasteiger partial charge in [0, 0.05) is 89.3 Å². The van der Waals surface area contributed by atoms with Crippen LogP contribution in [-0.4, -0.2) is 78.2 Å². The zero-order chi connectivity index (χ0) is 51.4. The Hall–Kier alpha value is -6.66. The van der Waals surface area contributed by atoms with Gasteiger partial charge in [-0.1, -0.05) is 99.7 Å². The molecule has 10 nitrogen and oxygen atoms in total. The topological polar surface area (TPSA) is 117 Å². The van der Waals surface area contributed by atoms with Gasteiger partial charge in [-0.3, -0.25) is 4.98 Å². The van der Waals surface area contributed by atoms with Gasteiger partial charge < -0.3 is 29.1 Å². The molecule has 12 rings (SSSR count). The number of aromatic nitrogens is 4. The summed E-state index contributed by atoms with van der Waals surface area (Å²) in [5, 5.41) is 24.2. The molecule has 4 aromatic carbocycles. The van der Waals surface area contributed by atoms with Crippen LogP contribution in [0.15, 0.2) is 91.6 Å². The van der Waals surface area contributed by atoms with Crippen LogP contribution in [0.25, 0.3) is 66.9 Å². The lowest BCUT2D eigenvalue weighted by Crippen LogP contribution is -2.26. The van der Waals surface area contributed by atoms with Gasteiger partial charge in [-0.25, -0.2) is 14.6 Å². The fourth-order valence-electron chi connectivity index (χ4n) is 13.0. The van der Waals surface area contributed by atoms with E-state index in [1.54, 1.807) is 23.5 Å². The average molecular weight is 1010 g/mol. The first-order valence-corrected chi connectivity index (χ1v) is 27.6. The van der Waals surface area contributed by atoms with E-state index in [4.69, 9.17) is 4.98 Å². The van der Waals surface area contributed by atoms with Crippen LogP contribution in [-0.2, 0) is 26.2 Å². The Morgan fingerprint density at radius 3 is 1.76 bits per heavy atom. The van der Waals surface area contributed by atoms with Crippen molar-refractivity contribution in [2.75, 3.05) is 27.2 Å². The van der Waals surface area contributed by atoms with Gasteiger partial charge in [0.15, 0.2) is 0 Å². The predicted octanol–water partition coefficient (Wildman–Crippen LogP) is 14.7. The molecule has 0 saturated heterocycles. The first-order valence-electron chi connectivity index (χ1n) is 26.8. The molecule has 4 aliphatic rings. The van der Waals surface area contributed by atoms with Crippen LogP contribution in [0, 0.1) is 20.8 Å². The van der Waals surface area contributed by atoms with Gasteiger partial charge in [0.2, 0.25) is 0 Å². The van der Waals surface area contributed by atoms with Crippen LogP contribution in [0.3, 0.4) is 0 Å². The summed E-state index contributed by atoms with van der Waals surface area (Å²) in [5.74, 6) is -0.733. The largest absolute Gasteiger partial charge is 0.478 e. The molecule has 6 heterocycles. The minimum atomic E-state index is -0.873. The highest BCUT2D eigenvalue weighted by atomic mass is 32.1. The highest BCUT2D eigenvalue weighted by Crippen LogP contribution is 2.48. The van der Waals surface area contributed by atoms with Crippen LogP contribution in [0.2, 0.25) is 0 Å². The number of benzene rings is 4. The Morgan fingerprint density at radius 1 is 0.676 bits per heavy atom. The fraction of sp³-hybridized carbons (Fsp3) is 0.365. The number of carbonyl (C=O) groups is 2. The number of aryl methyl sites for hydroxylation is 2. The third-order valence-corrected chi connectivity index (χ3v) is 17.8. The zero-order valence-electron chi connectivity index (χ0n) is 43.6. The summed E-state index contributed by atoms with van der Waals surface area (Å²) in [6.45, 7) is 15.9. The summed E-state index contributed by atoms with van der Waals surface area (Å²) in [6, 6.07) is 24.6. The van der Waals surface area contributed by atoms with E-state index in [1.165, 1.54) is 136 Å². The molecule has 0 radical (unpaired) electrons. The third kappa shape index (κ3) is 9.21. The highest BCUT2D eigenvalue weighted by Gasteiger charge is 2.32. The van der Waals surface area contributed by atoms with Gasteiger partial charge in [0.1, 0.15) is 0 Å². The molecule has 11 heteroatoms. The summed E-state index contributed by atoms with van der Waals surface area (Å²) in [4.78, 5) is 39.0. The lowest BCUT2D eigenvalue weighted by atomic mass is 9.80. The van der Waals surface area contributed by atoms with Crippen LogP contribution < -0.4 is 0 Å². The number of thiazole rings is 1. The Labute approximate surface area is 438 Å². The van der Waals surface area contributed by atoms with Gasteiger partial charge in [-0.15, -0.1) is 11.3 Å². The van der Waals surface area contributed by atoms with Gasteiger partial charge in [0.05, 0.1) is 43.6 Å². The normalized spacial score (nSPS) is 16.9. The van der Waals surface area contributed by atoms with Gasteiger partial charge in [-0.2, -0.15) is 0 Å². The van der Waals surface area contributed by atoms with Crippen LogP contribution in [0.1, 0.15) is 146 Å². The van der Waals surface area contributed by atoms with Crippen LogP contribution in [0.5, 0.6) is 0 Å². The monoisotopic (exact) mass is 1000 g/mol. The number of aromatic carboxylic acids is 2. The number of carboxylic acid groups (broad SMARTS) is 2. The predicted molar refractivity (Wildman–Crippen MR) is 303 cm³/mol. The molecule has 2 N–H and O–H groups in total. The number of fused-ring (bicyclic) bond motifs is 12. The summed E-state index contributed by atoms with van der Waals surface area (Å²) in [7, 11) is 4.34. The van der Waals surface area contributed by atoms with Gasteiger partial charge in [-0.05, 0) is 136 Å². The second kappa shape index (κ2) is 20.6. The summed E-state index contributed by atoms with van der Waals surface area (Å²) in [6.07, 6.45) is 18.6. The number of nitrogens with zero attached hydrogens (tertiary/aromatic N) is 6. The molecule has 0 spiro atoms. The van der Waals surface area contributed by atoms with Crippen molar-refractivity contribution in [3.8, 4) is 22.5 Å². The van der Waals surface area contributed by atoms with E-state index in [2.05, 4.69) is 106 Å². The first kappa shape index (κ1) is 49.5. The van der Waals surface area contributed by atoms with E-state index in [0.717, 1.165) is 77.0 Å². The van der Waals surface area contributed by atoms with Crippen molar-refractivity contribution in [3.05, 3.63) is 152 Å². The van der Waals surface area contributed by atoms with Crippen LogP contribution in [0.4, 0.5) is 0 Å². The molecule has 0 atom stereocenters. The second-order valence-corrected chi connectivity index (χ2v) is 22.7. The number of allylic oxidation sites excluding steroid dienone is 2. The minimum Gasteiger partial charge on any atom is -0.478 e. The molecule has 2 saturated carbocycles. The summed E-state index contributed by atoms with van der Waals surface area (Å²) < 4.78 is 4.82. The van der Waals surface area contributed by atoms with E-state index in [1.807, 2.05) is 38.2 Å². The molecule has 8 aromatic rings. The molecule has 0 amide bonds. The molecular weight excluding hydrogens is 937 g/mol. The fourth-order valence-corrected chi connectivity index (χ4v) is 13.8. The number of hydrogen-bond acceptors (Lipinski definition) is 7.